The number of amides is 9. The average Bonchev–Trinajstić information content (AvgIpc) is 1.80. The highest BCUT2D eigenvalue weighted by Gasteiger charge is 2.33. The van der Waals surface area contributed by atoms with E-state index in [0.717, 1.165) is 92.2 Å². The summed E-state index contributed by atoms with van der Waals surface area (Å²) in [6.07, 6.45) is 15.5. The molecule has 3 aliphatic heterocycles. The van der Waals surface area contributed by atoms with Crippen LogP contribution in [0.4, 0.5) is 0 Å². The second kappa shape index (κ2) is 68.4. The molecule has 1 unspecified atom stereocenters. The summed E-state index contributed by atoms with van der Waals surface area (Å²) in [5.41, 5.74) is -1.06. The van der Waals surface area contributed by atoms with E-state index in [9.17, 15) is 62.6 Å². The van der Waals surface area contributed by atoms with Crippen LogP contribution in [0.1, 0.15) is 200 Å². The fourth-order valence-electron chi connectivity index (χ4n) is 11.0. The van der Waals surface area contributed by atoms with Crippen LogP contribution in [-0.2, 0) is 129 Å². The topological polar surface area (TPSA) is 445 Å². The maximum absolute atomic E-state index is 12.8. The molecule has 3 fully saturated rings. The third-order valence-corrected chi connectivity index (χ3v) is 17.4. The molecule has 0 aromatic carbocycles. The van der Waals surface area contributed by atoms with E-state index >= 15 is 0 Å². The van der Waals surface area contributed by atoms with Crippen LogP contribution in [0, 0.1) is 0 Å². The summed E-state index contributed by atoms with van der Waals surface area (Å²) >= 11 is 0. The number of unbranched alkanes of at least 4 members (excludes halogenated alkanes) is 12. The van der Waals surface area contributed by atoms with Crippen molar-refractivity contribution in [2.24, 2.45) is 0 Å². The number of nitrogens with zero attached hydrogens (tertiary/aromatic N) is 3. The smallest absolute Gasteiger partial charge is 0.332 e. The minimum Gasteiger partial charge on any atom is -0.379 e. The van der Waals surface area contributed by atoms with Crippen LogP contribution in [-0.4, -0.2) is 308 Å². The molecule has 650 valence electrons. The summed E-state index contributed by atoms with van der Waals surface area (Å²) < 4.78 is 67.8. The number of rotatable bonds is 77. The molecule has 113 heavy (non-hydrogen) atoms. The molecule has 0 saturated carbocycles. The summed E-state index contributed by atoms with van der Waals surface area (Å²) in [4.78, 5) is 160. The van der Waals surface area contributed by atoms with Crippen LogP contribution in [0.25, 0.3) is 0 Å². The summed E-state index contributed by atoms with van der Waals surface area (Å²) in [5.74, 6) is -3.09. The molecule has 37 heteroatoms. The van der Waals surface area contributed by atoms with Crippen molar-refractivity contribution in [2.45, 2.75) is 211 Å². The molecule has 0 radical (unpaired) electrons. The summed E-state index contributed by atoms with van der Waals surface area (Å²) in [6, 6.07) is 0. The molecule has 3 heterocycles. The maximum Gasteiger partial charge on any atom is 0.332 e. The predicted molar refractivity (Wildman–Crippen MR) is 404 cm³/mol. The number of carbonyl (C=O) groups excluding carboxylic acids is 12. The highest BCUT2D eigenvalue weighted by molar-refractivity contribution is 5.82. The normalized spacial score (nSPS) is 14.2. The van der Waals surface area contributed by atoms with Gasteiger partial charge in [-0.1, -0.05) is 57.8 Å². The first-order valence-electron chi connectivity index (χ1n) is 40.8. The van der Waals surface area contributed by atoms with Gasteiger partial charge in [-0.2, -0.15) is 10.1 Å². The number of nitrogens with one attached hydrogen (secondary N) is 6. The Balaban J connectivity index is 1.18. The van der Waals surface area contributed by atoms with E-state index in [1.165, 1.54) is 0 Å². The Kier molecular flexibility index (Phi) is 60.7. The second-order valence-corrected chi connectivity index (χ2v) is 27.4. The van der Waals surface area contributed by atoms with Gasteiger partial charge in [-0.25, -0.2) is 14.4 Å². The van der Waals surface area contributed by atoms with Gasteiger partial charge in [-0.15, -0.1) is 5.06 Å². The SMILES string of the molecule is CC(COCCC(=O)NCCOCCOCCOCCC(=O)NCCCCCCCC(=O)ON1CCCC1=O)(COCCC(=O)NCCOCCOCCOCCC(=O)NCCCCCCCC(=O)ON1CCCC1=O)OCCC(=O)NCCOCCOCCOCCC(=O)NCCCCCCCC(=O)ON1C(=O)CCC1O. The molecule has 3 aliphatic rings. The zero-order valence-corrected chi connectivity index (χ0v) is 67.0. The summed E-state index contributed by atoms with van der Waals surface area (Å²) in [7, 11) is 0. The lowest BCUT2D eigenvalue weighted by Crippen LogP contribution is -2.41. The van der Waals surface area contributed by atoms with Gasteiger partial charge in [0.2, 0.25) is 35.4 Å². The van der Waals surface area contributed by atoms with Gasteiger partial charge < -0.3 is 108 Å². The second-order valence-electron chi connectivity index (χ2n) is 27.4. The number of carbonyl (C=O) groups is 12. The molecule has 7 N–H and O–H groups in total. The van der Waals surface area contributed by atoms with Crippen molar-refractivity contribution in [1.29, 1.82) is 0 Å². The lowest BCUT2D eigenvalue weighted by atomic mass is 10.1. The molecule has 0 aromatic heterocycles. The minimum absolute atomic E-state index is 0.00908. The van der Waals surface area contributed by atoms with Crippen molar-refractivity contribution in [1.82, 2.24) is 47.1 Å². The number of aliphatic hydroxyl groups excluding tert-OH is 1. The molecule has 9 amide bonds. The average molecular weight is 1620 g/mol. The molecule has 0 aliphatic carbocycles. The molecule has 1 atom stereocenters. The van der Waals surface area contributed by atoms with Crippen LogP contribution < -0.4 is 31.9 Å². The standard InChI is InChI=1S/C76H133N9O28/c1-76(61-108-43-29-66(89)80-35-46-102-52-58-105-55-49-99-40-26-63(86)77-32-14-8-2-5-11-21-73(96)111-83-38-17-19-69(83)92,62-109-44-30-67(90)81-36-47-103-53-59-106-56-50-100-41-27-64(87)78-33-15-9-3-6-12-22-74(97)112-84-39-18-20-70(84)93)110-45-31-68(91)82-37-48-104-54-60-107-57-51-101-42-28-65(88)79-34-16-10-4-7-13-23-75(98)113-85-71(94)24-25-72(85)95/h71,94H,2-62H2,1H3,(H,77,86)(H,78,87)(H,79,88)(H,80,89)(H,81,90)(H,82,91). The summed E-state index contributed by atoms with van der Waals surface area (Å²) in [5, 5.41) is 29.8. The maximum atomic E-state index is 12.8. The third-order valence-electron chi connectivity index (χ3n) is 17.4. The van der Waals surface area contributed by atoms with E-state index in [2.05, 4.69) is 31.9 Å². The van der Waals surface area contributed by atoms with Crippen molar-refractivity contribution in [2.75, 3.05) is 204 Å². The largest absolute Gasteiger partial charge is 0.379 e. The van der Waals surface area contributed by atoms with E-state index in [4.69, 9.17) is 71.4 Å². The van der Waals surface area contributed by atoms with Gasteiger partial charge in [0.25, 0.3) is 17.7 Å². The van der Waals surface area contributed by atoms with Crippen LogP contribution >= 0.6 is 0 Å². The van der Waals surface area contributed by atoms with Gasteiger partial charge >= 0.3 is 17.9 Å². The van der Waals surface area contributed by atoms with Crippen molar-refractivity contribution in [3.63, 3.8) is 0 Å². The van der Waals surface area contributed by atoms with Gasteiger partial charge in [0.1, 0.15) is 5.60 Å². The number of hydrogen-bond donors (Lipinski definition) is 7. The Morgan fingerprint density at radius 2 is 0.593 bits per heavy atom. The van der Waals surface area contributed by atoms with Crippen LogP contribution in [0.5, 0.6) is 0 Å². The highest BCUT2D eigenvalue weighted by atomic mass is 16.7. The zero-order valence-electron chi connectivity index (χ0n) is 67.0. The van der Waals surface area contributed by atoms with Crippen LogP contribution in [0.2, 0.25) is 0 Å². The first kappa shape index (κ1) is 100. The van der Waals surface area contributed by atoms with Crippen LogP contribution in [0.3, 0.4) is 0 Å². The molecular formula is C76H133N9O28. The van der Waals surface area contributed by atoms with Crippen molar-refractivity contribution in [3.05, 3.63) is 0 Å². The monoisotopic (exact) mass is 1620 g/mol. The number of ether oxygens (including phenoxy) is 12. The van der Waals surface area contributed by atoms with E-state index in [1.54, 1.807) is 6.92 Å². The molecule has 37 nitrogen and oxygen atoms in total. The van der Waals surface area contributed by atoms with Gasteiger partial charge in [0.05, 0.1) is 165 Å². The van der Waals surface area contributed by atoms with Crippen LogP contribution in [0.15, 0.2) is 0 Å². The first-order valence-corrected chi connectivity index (χ1v) is 40.8. The Bertz CT molecular complexity index is 2530. The van der Waals surface area contributed by atoms with Crippen molar-refractivity contribution >= 4 is 71.1 Å². The molecule has 3 saturated heterocycles. The van der Waals surface area contributed by atoms with E-state index in [0.29, 0.717) is 150 Å². The van der Waals surface area contributed by atoms with Gasteiger partial charge in [-0.05, 0) is 58.3 Å². The quantitative estimate of drug-likeness (QED) is 0.0430. The molecule has 0 spiro atoms. The van der Waals surface area contributed by atoms with Crippen molar-refractivity contribution < 1.29 is 134 Å². The zero-order chi connectivity index (χ0) is 81.7. The Morgan fingerprint density at radius 3 is 0.903 bits per heavy atom. The molecule has 0 bridgehead atoms. The lowest BCUT2D eigenvalue weighted by molar-refractivity contribution is -0.220. The van der Waals surface area contributed by atoms with Gasteiger partial charge in [0.15, 0.2) is 6.23 Å². The Morgan fingerprint density at radius 1 is 0.319 bits per heavy atom. The minimum atomic E-state index is -1.08. The molecule has 0 aromatic rings. The lowest BCUT2D eigenvalue weighted by Gasteiger charge is -2.29. The third kappa shape index (κ3) is 57.8. The molecule has 3 rings (SSSR count). The Hall–Kier alpha value is -6.88. The van der Waals surface area contributed by atoms with E-state index in [1.807, 2.05) is 0 Å². The van der Waals surface area contributed by atoms with Gasteiger partial charge in [0, 0.05) is 123 Å². The van der Waals surface area contributed by atoms with E-state index in [-0.39, 0.29) is 229 Å². The number of hydroxylamine groups is 6. The highest BCUT2D eigenvalue weighted by Crippen LogP contribution is 2.19. The number of aliphatic hydroxyl groups is 1. The molecular weight excluding hydrogens is 1490 g/mol. The summed E-state index contributed by atoms with van der Waals surface area (Å²) in [6.45, 7) is 10.5. The fraction of sp³-hybridized carbons (Fsp3) is 0.842. The van der Waals surface area contributed by atoms with Gasteiger partial charge in [-0.3, -0.25) is 43.2 Å². The predicted octanol–water partition coefficient (Wildman–Crippen LogP) is 2.56. The fourth-order valence-corrected chi connectivity index (χ4v) is 11.0. The number of hydrogen-bond acceptors (Lipinski definition) is 28. The van der Waals surface area contributed by atoms with E-state index < -0.39 is 23.7 Å². The van der Waals surface area contributed by atoms with Crippen molar-refractivity contribution in [3.8, 4) is 0 Å². The Labute approximate surface area is 665 Å². The first-order chi connectivity index (χ1) is 54.9.